The van der Waals surface area contributed by atoms with E-state index in [4.69, 9.17) is 9.47 Å². The summed E-state index contributed by atoms with van der Waals surface area (Å²) >= 11 is 0. The average Bonchev–Trinajstić information content (AvgIpc) is 2.67. The monoisotopic (exact) mass is 383 g/mol. The number of ether oxygens (including phenoxy) is 2. The van der Waals surface area contributed by atoms with E-state index in [2.05, 4.69) is 10.5 Å². The lowest BCUT2D eigenvalue weighted by molar-refractivity contribution is -0.307. The van der Waals surface area contributed by atoms with Gasteiger partial charge in [-0.3, -0.25) is 4.79 Å². The molecule has 0 aliphatic rings. The minimum absolute atomic E-state index is 0.0639. The topological polar surface area (TPSA) is 100 Å². The molecular formula is C21H23N2O5-. The van der Waals surface area contributed by atoms with E-state index in [-0.39, 0.29) is 12.0 Å². The van der Waals surface area contributed by atoms with Gasteiger partial charge in [-0.15, -0.1) is 0 Å². The van der Waals surface area contributed by atoms with Crippen molar-refractivity contribution in [3.05, 3.63) is 59.7 Å². The SMILES string of the molecule is CC/C(=N/NC(=O)c1ccc(OC(C)C)cc1)c1ccc(OCC(=O)[O-])cc1. The van der Waals surface area contributed by atoms with Gasteiger partial charge in [0.1, 0.15) is 18.1 Å². The molecule has 2 aromatic carbocycles. The zero-order valence-electron chi connectivity index (χ0n) is 16.1. The molecule has 0 aliphatic carbocycles. The van der Waals surface area contributed by atoms with Crippen molar-refractivity contribution < 1.29 is 24.2 Å². The molecule has 0 spiro atoms. The highest BCUT2D eigenvalue weighted by Crippen LogP contribution is 2.15. The summed E-state index contributed by atoms with van der Waals surface area (Å²) in [7, 11) is 0. The van der Waals surface area contributed by atoms with Gasteiger partial charge in [0.25, 0.3) is 5.91 Å². The predicted molar refractivity (Wildman–Crippen MR) is 103 cm³/mol. The fourth-order valence-electron chi connectivity index (χ4n) is 2.37. The number of aliphatic carboxylic acids is 1. The molecule has 0 heterocycles. The van der Waals surface area contributed by atoms with Crippen molar-refractivity contribution in [2.75, 3.05) is 6.61 Å². The molecular weight excluding hydrogens is 360 g/mol. The standard InChI is InChI=1S/C21H24N2O5/c1-4-19(15-5-9-17(10-6-15)27-13-20(24)25)22-23-21(26)16-7-11-18(12-8-16)28-14(2)3/h5-12,14H,4,13H2,1-3H3,(H,23,26)(H,24,25)/p-1/b22-19-. The number of benzene rings is 2. The number of nitrogens with one attached hydrogen (secondary N) is 1. The van der Waals surface area contributed by atoms with Crippen molar-refractivity contribution >= 4 is 17.6 Å². The number of hydrogen-bond donors (Lipinski definition) is 1. The number of carbonyl (C=O) groups excluding carboxylic acids is 2. The van der Waals surface area contributed by atoms with Crippen LogP contribution in [0.15, 0.2) is 53.6 Å². The summed E-state index contributed by atoms with van der Waals surface area (Å²) in [5.74, 6) is -0.496. The molecule has 0 unspecified atom stereocenters. The van der Waals surface area contributed by atoms with Gasteiger partial charge in [-0.05, 0) is 74.4 Å². The summed E-state index contributed by atoms with van der Waals surface area (Å²) in [6, 6.07) is 13.6. The summed E-state index contributed by atoms with van der Waals surface area (Å²) in [6.45, 7) is 5.28. The van der Waals surface area contributed by atoms with Gasteiger partial charge in [0.05, 0.1) is 17.8 Å². The molecule has 0 aromatic heterocycles. The maximum Gasteiger partial charge on any atom is 0.271 e. The van der Waals surface area contributed by atoms with Gasteiger partial charge < -0.3 is 19.4 Å². The molecule has 28 heavy (non-hydrogen) atoms. The second kappa shape index (κ2) is 10.1. The van der Waals surface area contributed by atoms with Crippen LogP contribution in [0, 0.1) is 0 Å². The Hall–Kier alpha value is -3.35. The van der Waals surface area contributed by atoms with Crippen LogP contribution >= 0.6 is 0 Å². The largest absolute Gasteiger partial charge is 0.546 e. The molecule has 2 rings (SSSR count). The molecule has 7 heteroatoms. The third-order valence-electron chi connectivity index (χ3n) is 3.66. The Morgan fingerprint density at radius 3 is 2.11 bits per heavy atom. The highest BCUT2D eigenvalue weighted by Gasteiger charge is 2.07. The van der Waals surface area contributed by atoms with Crippen LogP contribution in [-0.2, 0) is 4.79 Å². The molecule has 0 fully saturated rings. The van der Waals surface area contributed by atoms with Gasteiger partial charge in [0, 0.05) is 5.56 Å². The first-order chi connectivity index (χ1) is 13.4. The highest BCUT2D eigenvalue weighted by atomic mass is 16.5. The third kappa shape index (κ3) is 6.42. The van der Waals surface area contributed by atoms with Crippen LogP contribution in [0.1, 0.15) is 43.1 Å². The lowest BCUT2D eigenvalue weighted by Crippen LogP contribution is -2.28. The van der Waals surface area contributed by atoms with Crippen molar-refractivity contribution in [1.29, 1.82) is 0 Å². The summed E-state index contributed by atoms with van der Waals surface area (Å²) < 4.78 is 10.6. The Morgan fingerprint density at radius 2 is 1.57 bits per heavy atom. The second-order valence-electron chi connectivity index (χ2n) is 6.23. The van der Waals surface area contributed by atoms with Crippen LogP contribution in [0.2, 0.25) is 0 Å². The van der Waals surface area contributed by atoms with Crippen LogP contribution < -0.4 is 20.0 Å². The number of carboxylic acid groups (broad SMARTS) is 1. The lowest BCUT2D eigenvalue weighted by Gasteiger charge is -2.10. The molecule has 0 radical (unpaired) electrons. The Balaban J connectivity index is 2.01. The average molecular weight is 383 g/mol. The third-order valence-corrected chi connectivity index (χ3v) is 3.66. The van der Waals surface area contributed by atoms with E-state index >= 15 is 0 Å². The van der Waals surface area contributed by atoms with E-state index < -0.39 is 12.6 Å². The maximum absolute atomic E-state index is 12.3. The molecule has 1 N–H and O–H groups in total. The first kappa shape index (κ1) is 21.0. The zero-order chi connectivity index (χ0) is 20.5. The van der Waals surface area contributed by atoms with Crippen LogP contribution in [0.3, 0.4) is 0 Å². The molecule has 2 aromatic rings. The maximum atomic E-state index is 12.3. The fraction of sp³-hybridized carbons (Fsp3) is 0.286. The van der Waals surface area contributed by atoms with E-state index in [9.17, 15) is 14.7 Å². The number of carboxylic acids is 1. The number of hydrazone groups is 1. The molecule has 0 atom stereocenters. The van der Waals surface area contributed by atoms with Gasteiger partial charge in [-0.25, -0.2) is 5.43 Å². The summed E-state index contributed by atoms with van der Waals surface area (Å²) in [5.41, 5.74) is 4.50. The van der Waals surface area contributed by atoms with E-state index in [0.717, 1.165) is 5.56 Å². The van der Waals surface area contributed by atoms with Crippen molar-refractivity contribution in [3.8, 4) is 11.5 Å². The van der Waals surface area contributed by atoms with Gasteiger partial charge in [0.15, 0.2) is 0 Å². The van der Waals surface area contributed by atoms with Crippen molar-refractivity contribution in [3.63, 3.8) is 0 Å². The Labute approximate surface area is 164 Å². The van der Waals surface area contributed by atoms with Crippen LogP contribution in [0.25, 0.3) is 0 Å². The van der Waals surface area contributed by atoms with E-state index in [1.165, 1.54) is 0 Å². The first-order valence-corrected chi connectivity index (χ1v) is 8.95. The van der Waals surface area contributed by atoms with Crippen molar-refractivity contribution in [2.45, 2.75) is 33.3 Å². The number of nitrogens with zero attached hydrogens (tertiary/aromatic N) is 1. The van der Waals surface area contributed by atoms with Gasteiger partial charge in [0.2, 0.25) is 0 Å². The van der Waals surface area contributed by atoms with Crippen LogP contribution in [-0.4, -0.2) is 30.3 Å². The van der Waals surface area contributed by atoms with Gasteiger partial charge in [-0.1, -0.05) is 6.92 Å². The zero-order valence-corrected chi connectivity index (χ0v) is 16.1. The minimum Gasteiger partial charge on any atom is -0.546 e. The molecule has 1 amide bonds. The van der Waals surface area contributed by atoms with Crippen LogP contribution in [0.4, 0.5) is 0 Å². The van der Waals surface area contributed by atoms with Gasteiger partial charge in [-0.2, -0.15) is 5.10 Å². The van der Waals surface area contributed by atoms with Crippen molar-refractivity contribution in [2.24, 2.45) is 5.10 Å². The molecule has 148 valence electrons. The summed E-state index contributed by atoms with van der Waals surface area (Å²) in [5, 5.41) is 14.6. The normalized spacial score (nSPS) is 11.2. The van der Waals surface area contributed by atoms with Crippen molar-refractivity contribution in [1.82, 2.24) is 5.43 Å². The molecule has 0 saturated heterocycles. The second-order valence-corrected chi connectivity index (χ2v) is 6.23. The van der Waals surface area contributed by atoms with Crippen LogP contribution in [0.5, 0.6) is 11.5 Å². The Morgan fingerprint density at radius 1 is 1.00 bits per heavy atom. The molecule has 0 saturated carbocycles. The van der Waals surface area contributed by atoms with E-state index in [0.29, 0.717) is 29.2 Å². The fourth-order valence-corrected chi connectivity index (χ4v) is 2.37. The number of hydrogen-bond acceptors (Lipinski definition) is 6. The smallest absolute Gasteiger partial charge is 0.271 e. The lowest BCUT2D eigenvalue weighted by atomic mass is 10.1. The first-order valence-electron chi connectivity index (χ1n) is 8.95. The molecule has 7 nitrogen and oxygen atoms in total. The minimum atomic E-state index is -1.29. The molecule has 0 aliphatic heterocycles. The number of carbonyl (C=O) groups is 2. The van der Waals surface area contributed by atoms with E-state index in [1.54, 1.807) is 48.5 Å². The Bertz CT molecular complexity index is 827. The summed E-state index contributed by atoms with van der Waals surface area (Å²) in [4.78, 5) is 22.7. The highest BCUT2D eigenvalue weighted by molar-refractivity contribution is 6.02. The number of amides is 1. The molecule has 0 bridgehead atoms. The van der Waals surface area contributed by atoms with Gasteiger partial charge >= 0.3 is 0 Å². The van der Waals surface area contributed by atoms with E-state index in [1.807, 2.05) is 20.8 Å². The number of rotatable bonds is 9. The quantitative estimate of drug-likeness (QED) is 0.528. The Kier molecular flexibility index (Phi) is 7.56. The predicted octanol–water partition coefficient (Wildman–Crippen LogP) is 2.15. The summed E-state index contributed by atoms with van der Waals surface area (Å²) in [6.07, 6.45) is 0.662.